The van der Waals surface area contributed by atoms with E-state index < -0.39 is 0 Å². The third-order valence-electron chi connectivity index (χ3n) is 3.20. The molecule has 1 aliphatic rings. The Morgan fingerprint density at radius 1 is 1.50 bits per heavy atom. The molecule has 0 aliphatic carbocycles. The van der Waals surface area contributed by atoms with Crippen molar-refractivity contribution in [1.29, 1.82) is 0 Å². The Morgan fingerprint density at radius 2 is 2.40 bits per heavy atom. The van der Waals surface area contributed by atoms with Crippen LogP contribution in [0.3, 0.4) is 0 Å². The van der Waals surface area contributed by atoms with Gasteiger partial charge in [-0.2, -0.15) is 5.06 Å². The van der Waals surface area contributed by atoms with E-state index in [1.54, 1.807) is 18.6 Å². The summed E-state index contributed by atoms with van der Waals surface area (Å²) in [5.74, 6) is 0.0514. The highest BCUT2D eigenvalue weighted by Gasteiger charge is 2.14. The highest BCUT2D eigenvalue weighted by molar-refractivity contribution is 5.76. The van der Waals surface area contributed by atoms with Crippen LogP contribution < -0.4 is 5.32 Å². The zero-order valence-electron chi connectivity index (χ0n) is 11.9. The fraction of sp³-hybridized carbons (Fsp3) is 0.643. The van der Waals surface area contributed by atoms with E-state index in [1.807, 2.05) is 12.0 Å². The lowest BCUT2D eigenvalue weighted by Gasteiger charge is -2.25. The molecule has 1 aromatic heterocycles. The van der Waals surface area contributed by atoms with Crippen LogP contribution in [0.2, 0.25) is 0 Å². The first kappa shape index (κ1) is 14.9. The molecule has 2 heterocycles. The Hall–Kier alpha value is -1.53. The minimum atomic E-state index is 0.0514. The van der Waals surface area contributed by atoms with Gasteiger partial charge in [-0.05, 0) is 19.8 Å². The van der Waals surface area contributed by atoms with Gasteiger partial charge in [-0.3, -0.25) is 19.6 Å². The second kappa shape index (κ2) is 7.91. The third-order valence-corrected chi connectivity index (χ3v) is 3.20. The van der Waals surface area contributed by atoms with Crippen molar-refractivity contribution in [2.45, 2.75) is 38.6 Å². The predicted octanol–water partition coefficient (Wildman–Crippen LogP) is 0.941. The summed E-state index contributed by atoms with van der Waals surface area (Å²) in [6.45, 7) is 4.32. The molecule has 1 atom stereocenters. The van der Waals surface area contributed by atoms with Gasteiger partial charge in [-0.1, -0.05) is 0 Å². The predicted molar refractivity (Wildman–Crippen MR) is 74.7 cm³/mol. The summed E-state index contributed by atoms with van der Waals surface area (Å²) in [5, 5.41) is 4.86. The smallest absolute Gasteiger partial charge is 0.221 e. The molecule has 6 heteroatoms. The molecule has 2 rings (SSSR count). The van der Waals surface area contributed by atoms with Crippen molar-refractivity contribution >= 4 is 5.91 Å². The van der Waals surface area contributed by atoms with Gasteiger partial charge in [-0.25, -0.2) is 0 Å². The van der Waals surface area contributed by atoms with Gasteiger partial charge in [0, 0.05) is 50.6 Å². The normalized spacial score (nSPS) is 17.6. The summed E-state index contributed by atoms with van der Waals surface area (Å²) in [6.07, 6.45) is 8.44. The quantitative estimate of drug-likeness (QED) is 0.839. The maximum atomic E-state index is 11.9. The molecule has 0 aromatic carbocycles. The lowest BCUT2D eigenvalue weighted by molar-refractivity contribution is -0.181. The van der Waals surface area contributed by atoms with Crippen molar-refractivity contribution in [1.82, 2.24) is 20.3 Å². The molecule has 0 radical (unpaired) electrons. The summed E-state index contributed by atoms with van der Waals surface area (Å²) in [5.41, 5.74) is 0.889. The van der Waals surface area contributed by atoms with E-state index in [9.17, 15) is 4.79 Å². The van der Waals surface area contributed by atoms with E-state index in [-0.39, 0.29) is 11.9 Å². The van der Waals surface area contributed by atoms with E-state index in [0.717, 1.165) is 31.7 Å². The second-order valence-electron chi connectivity index (χ2n) is 5.09. The van der Waals surface area contributed by atoms with Crippen molar-refractivity contribution in [3.63, 3.8) is 0 Å². The monoisotopic (exact) mass is 278 g/mol. The van der Waals surface area contributed by atoms with Crippen molar-refractivity contribution in [2.75, 3.05) is 19.7 Å². The molecule has 0 bridgehead atoms. The number of carbonyl (C=O) groups is 1. The number of carbonyl (C=O) groups excluding carboxylic acids is 1. The standard InChI is InChI=1S/C14H22N4O2/c1-12(10-13-11-15-5-6-16-13)17-14(19)4-8-18-7-2-3-9-20-18/h5-6,11-12H,2-4,7-10H2,1H3,(H,17,19)/t12-/m1/s1. The molecule has 0 saturated carbocycles. The van der Waals surface area contributed by atoms with Crippen LogP contribution in [0.1, 0.15) is 31.9 Å². The van der Waals surface area contributed by atoms with Crippen LogP contribution in [0.5, 0.6) is 0 Å². The summed E-state index contributed by atoms with van der Waals surface area (Å²) in [4.78, 5) is 25.5. The van der Waals surface area contributed by atoms with Gasteiger partial charge in [0.25, 0.3) is 0 Å². The van der Waals surface area contributed by atoms with E-state index in [2.05, 4.69) is 15.3 Å². The number of hydroxylamine groups is 2. The van der Waals surface area contributed by atoms with Gasteiger partial charge in [0.15, 0.2) is 0 Å². The number of nitrogens with zero attached hydrogens (tertiary/aromatic N) is 3. The highest BCUT2D eigenvalue weighted by atomic mass is 16.7. The number of nitrogens with one attached hydrogen (secondary N) is 1. The minimum Gasteiger partial charge on any atom is -0.353 e. The molecule has 20 heavy (non-hydrogen) atoms. The Balaban J connectivity index is 1.65. The first-order chi connectivity index (χ1) is 9.74. The maximum absolute atomic E-state index is 11.9. The van der Waals surface area contributed by atoms with Gasteiger partial charge in [-0.15, -0.1) is 0 Å². The minimum absolute atomic E-state index is 0.0514. The molecule has 6 nitrogen and oxygen atoms in total. The van der Waals surface area contributed by atoms with Crippen LogP contribution in [0.4, 0.5) is 0 Å². The number of rotatable bonds is 6. The maximum Gasteiger partial charge on any atom is 0.221 e. The third kappa shape index (κ3) is 5.22. The Morgan fingerprint density at radius 3 is 3.10 bits per heavy atom. The van der Waals surface area contributed by atoms with Crippen LogP contribution in [0.25, 0.3) is 0 Å². The molecule has 1 N–H and O–H groups in total. The largest absolute Gasteiger partial charge is 0.353 e. The summed E-state index contributed by atoms with van der Waals surface area (Å²) in [6, 6.07) is 0.0569. The van der Waals surface area contributed by atoms with Gasteiger partial charge < -0.3 is 5.32 Å². The van der Waals surface area contributed by atoms with Crippen LogP contribution in [-0.2, 0) is 16.1 Å². The van der Waals surface area contributed by atoms with Crippen LogP contribution in [0, 0.1) is 0 Å². The van der Waals surface area contributed by atoms with Gasteiger partial charge in [0.1, 0.15) is 0 Å². The van der Waals surface area contributed by atoms with E-state index in [1.165, 1.54) is 0 Å². The van der Waals surface area contributed by atoms with Crippen LogP contribution in [-0.4, -0.2) is 46.7 Å². The zero-order chi connectivity index (χ0) is 14.2. The summed E-state index contributed by atoms with van der Waals surface area (Å²) >= 11 is 0. The molecule has 110 valence electrons. The lowest BCUT2D eigenvalue weighted by atomic mass is 10.2. The number of aromatic nitrogens is 2. The van der Waals surface area contributed by atoms with Crippen molar-refractivity contribution in [3.05, 3.63) is 24.3 Å². The summed E-state index contributed by atoms with van der Waals surface area (Å²) < 4.78 is 0. The van der Waals surface area contributed by atoms with Gasteiger partial charge in [0.05, 0.1) is 12.3 Å². The zero-order valence-corrected chi connectivity index (χ0v) is 11.9. The van der Waals surface area contributed by atoms with Crippen LogP contribution >= 0.6 is 0 Å². The number of hydrogen-bond acceptors (Lipinski definition) is 5. The molecule has 1 aromatic rings. The number of amides is 1. The Bertz CT molecular complexity index is 407. The average molecular weight is 278 g/mol. The second-order valence-corrected chi connectivity index (χ2v) is 5.09. The lowest BCUT2D eigenvalue weighted by Crippen LogP contribution is -2.38. The van der Waals surface area contributed by atoms with Gasteiger partial charge in [0.2, 0.25) is 5.91 Å². The fourth-order valence-corrected chi connectivity index (χ4v) is 2.20. The van der Waals surface area contributed by atoms with E-state index in [0.29, 0.717) is 19.4 Å². The topological polar surface area (TPSA) is 67.4 Å². The SMILES string of the molecule is C[C@H](Cc1cnccn1)NC(=O)CCN1CCCCO1. The molecule has 1 fully saturated rings. The summed E-state index contributed by atoms with van der Waals surface area (Å²) in [7, 11) is 0. The average Bonchev–Trinajstić information content (AvgIpc) is 2.47. The molecule has 0 spiro atoms. The molecular weight excluding hydrogens is 256 g/mol. The van der Waals surface area contributed by atoms with Crippen molar-refractivity contribution in [3.8, 4) is 0 Å². The van der Waals surface area contributed by atoms with E-state index in [4.69, 9.17) is 4.84 Å². The molecular formula is C14H22N4O2. The highest BCUT2D eigenvalue weighted by Crippen LogP contribution is 2.06. The first-order valence-electron chi connectivity index (χ1n) is 7.16. The van der Waals surface area contributed by atoms with Crippen LogP contribution in [0.15, 0.2) is 18.6 Å². The van der Waals surface area contributed by atoms with Crippen molar-refractivity contribution < 1.29 is 9.63 Å². The molecule has 0 unspecified atom stereocenters. The molecule has 1 saturated heterocycles. The Kier molecular flexibility index (Phi) is 5.88. The fourth-order valence-electron chi connectivity index (χ4n) is 2.20. The first-order valence-corrected chi connectivity index (χ1v) is 7.16. The van der Waals surface area contributed by atoms with E-state index >= 15 is 0 Å². The van der Waals surface area contributed by atoms with Gasteiger partial charge >= 0.3 is 0 Å². The molecule has 1 amide bonds. The number of hydrogen-bond donors (Lipinski definition) is 1. The Labute approximate surface area is 119 Å². The van der Waals surface area contributed by atoms with Crippen molar-refractivity contribution in [2.24, 2.45) is 0 Å². The molecule has 1 aliphatic heterocycles.